The first-order chi connectivity index (χ1) is 36.9. The lowest BCUT2D eigenvalue weighted by Crippen LogP contribution is -2.47. The van der Waals surface area contributed by atoms with Crippen LogP contribution in [0.25, 0.3) is 0 Å². The topological polar surface area (TPSA) is 114 Å². The molecule has 0 bridgehead atoms. The van der Waals surface area contributed by atoms with Crippen molar-refractivity contribution in [2.75, 3.05) is 40.9 Å². The summed E-state index contributed by atoms with van der Waals surface area (Å²) < 4.78 is 30.3. The first-order valence-corrected chi connectivity index (χ1v) is 33.6. The Kier molecular flexibility index (Phi) is 54.3. The summed E-state index contributed by atoms with van der Waals surface area (Å²) >= 11 is 0. The number of carbonyl (C=O) groups excluding carboxylic acids is 2. The van der Waals surface area contributed by atoms with Crippen LogP contribution in [0.3, 0.4) is 0 Å². The van der Waals surface area contributed by atoms with E-state index in [1.54, 1.807) is 0 Å². The van der Waals surface area contributed by atoms with E-state index in [1.165, 1.54) is 199 Å². The fraction of sp³-hybridized carbons (Fsp3) is 0.818. The Balaban J connectivity index is 5.11. The molecule has 0 aliphatic carbocycles. The number of unbranched alkanes of at least 4 members (excludes halogenated alkanes) is 34. The molecule has 9 nitrogen and oxygen atoms in total. The predicted octanol–water partition coefficient (Wildman–Crippen LogP) is 19.2. The number of quaternary nitrogens is 1. The summed E-state index contributed by atoms with van der Waals surface area (Å²) in [6.45, 7) is 6.78. The molecule has 0 aromatic heterocycles. The summed E-state index contributed by atoms with van der Waals surface area (Å²) in [5.41, 5.74) is 0. The number of hydrogen-bond donors (Lipinski definition) is 1. The average molecular weight is 1090 g/mol. The van der Waals surface area contributed by atoms with Crippen LogP contribution in [-0.4, -0.2) is 69.4 Å². The molecule has 444 valence electrons. The van der Waals surface area contributed by atoms with E-state index in [9.17, 15) is 19.0 Å². The fourth-order valence-corrected chi connectivity index (χ4v) is 9.91. The van der Waals surface area contributed by atoms with Crippen molar-refractivity contribution in [3.8, 4) is 0 Å². The van der Waals surface area contributed by atoms with Crippen LogP contribution in [0.15, 0.2) is 60.8 Å². The summed E-state index contributed by atoms with van der Waals surface area (Å²) in [6.07, 6.45) is 70.7. The number of hydrogen-bond acceptors (Lipinski definition) is 7. The van der Waals surface area contributed by atoms with Crippen LogP contribution in [0.1, 0.15) is 297 Å². The Bertz CT molecular complexity index is 1490. The highest BCUT2D eigenvalue weighted by Gasteiger charge is 2.27. The number of esters is 1. The maximum Gasteiger partial charge on any atom is 0.306 e. The monoisotopic (exact) mass is 1090 g/mol. The molecular weight excluding hydrogens is 964 g/mol. The van der Waals surface area contributed by atoms with E-state index in [0.29, 0.717) is 17.4 Å². The number of carbonyl (C=O) groups is 2. The zero-order valence-electron chi connectivity index (χ0n) is 50.7. The van der Waals surface area contributed by atoms with Crippen LogP contribution >= 0.6 is 7.82 Å². The molecule has 0 aromatic rings. The van der Waals surface area contributed by atoms with E-state index in [0.717, 1.165) is 57.8 Å². The number of allylic oxidation sites excluding steroid dienone is 9. The molecule has 0 radical (unpaired) electrons. The standard InChI is InChI=1S/C66H123N2O7P/c1-7-10-13-16-19-22-25-28-29-30-31-32-33-34-35-36-37-38-39-41-44-47-50-53-56-59-66(70)75-64(57-54-51-48-45-42-27-24-21-18-15-12-9-3)63(62-74-76(71,72)73-61-60-68(4,5)6)67-65(69)58-55-52-49-46-43-40-26-23-20-17-14-11-8-2/h19,22,28-29,40,43,49,52,54,57,63-64H,7-18,20-21,23-27,30-39,41-42,44-48,50-51,53,55-56,58-62H2,1-6H3,(H-,67,69,71,72)/b22-19-,29-28-,43-40-,52-49+,57-54-. The molecule has 3 unspecified atom stereocenters. The molecule has 3 atom stereocenters. The van der Waals surface area contributed by atoms with Gasteiger partial charge in [-0.2, -0.15) is 0 Å². The summed E-state index contributed by atoms with van der Waals surface area (Å²) in [7, 11) is 1.16. The minimum Gasteiger partial charge on any atom is -0.756 e. The van der Waals surface area contributed by atoms with Crippen molar-refractivity contribution in [1.29, 1.82) is 0 Å². The normalized spacial score (nSPS) is 14.0. The van der Waals surface area contributed by atoms with Crippen LogP contribution in [0.4, 0.5) is 0 Å². The van der Waals surface area contributed by atoms with Gasteiger partial charge in [-0.3, -0.25) is 14.2 Å². The van der Waals surface area contributed by atoms with Gasteiger partial charge in [-0.1, -0.05) is 262 Å². The quantitative estimate of drug-likeness (QED) is 0.0212. The molecule has 0 aliphatic rings. The van der Waals surface area contributed by atoms with Gasteiger partial charge in [-0.05, 0) is 83.1 Å². The molecule has 0 fully saturated rings. The van der Waals surface area contributed by atoms with Gasteiger partial charge < -0.3 is 28.5 Å². The smallest absolute Gasteiger partial charge is 0.306 e. The first-order valence-electron chi connectivity index (χ1n) is 32.1. The highest BCUT2D eigenvalue weighted by atomic mass is 31.2. The number of rotatable bonds is 58. The number of likely N-dealkylation sites (N-methyl/N-ethyl adjacent to an activating group) is 1. The third-order valence-corrected chi connectivity index (χ3v) is 15.1. The largest absolute Gasteiger partial charge is 0.756 e. The molecule has 76 heavy (non-hydrogen) atoms. The van der Waals surface area contributed by atoms with Gasteiger partial charge in [-0.15, -0.1) is 0 Å². The molecule has 0 rings (SSSR count). The van der Waals surface area contributed by atoms with Gasteiger partial charge in [0.25, 0.3) is 7.82 Å². The maximum atomic E-state index is 13.5. The molecule has 0 heterocycles. The van der Waals surface area contributed by atoms with Gasteiger partial charge in [0.1, 0.15) is 19.3 Å². The summed E-state index contributed by atoms with van der Waals surface area (Å²) in [6, 6.07) is -0.918. The fourth-order valence-electron chi connectivity index (χ4n) is 9.19. The molecular formula is C66H123N2O7P. The molecule has 1 N–H and O–H groups in total. The van der Waals surface area contributed by atoms with Crippen molar-refractivity contribution in [2.45, 2.75) is 309 Å². The average Bonchev–Trinajstić information content (AvgIpc) is 3.38. The second kappa shape index (κ2) is 56.0. The number of nitrogens with one attached hydrogen (secondary N) is 1. The Morgan fingerprint density at radius 1 is 0.461 bits per heavy atom. The molecule has 0 aliphatic heterocycles. The lowest BCUT2D eigenvalue weighted by Gasteiger charge is -2.30. The van der Waals surface area contributed by atoms with Crippen LogP contribution < -0.4 is 10.2 Å². The Hall–Kier alpha value is -2.29. The van der Waals surface area contributed by atoms with Gasteiger partial charge in [0, 0.05) is 12.8 Å². The molecule has 0 spiro atoms. The zero-order valence-corrected chi connectivity index (χ0v) is 51.6. The number of nitrogens with zero attached hydrogens (tertiary/aromatic N) is 1. The van der Waals surface area contributed by atoms with Crippen LogP contribution in [0.5, 0.6) is 0 Å². The minimum absolute atomic E-state index is 0.0315. The first kappa shape index (κ1) is 73.7. The SMILES string of the molecule is CCCCC/C=C\C/C=C\CCCCCCCCCCCCCCCCCC(=O)OC(/C=C\CCCCCCCCCCCC)C(COP(=O)([O-])OCC[N+](C)(C)C)NC(=O)CC/C=C/C/C=C\CCCCCCCC. The zero-order chi connectivity index (χ0) is 55.7. The van der Waals surface area contributed by atoms with Crippen molar-refractivity contribution >= 4 is 19.7 Å². The van der Waals surface area contributed by atoms with Crippen LogP contribution in [-0.2, 0) is 27.9 Å². The van der Waals surface area contributed by atoms with Crippen molar-refractivity contribution in [3.05, 3.63) is 60.8 Å². The Morgan fingerprint density at radius 3 is 1.24 bits per heavy atom. The van der Waals surface area contributed by atoms with E-state index in [-0.39, 0.29) is 31.3 Å². The molecule has 0 saturated heterocycles. The van der Waals surface area contributed by atoms with Crippen molar-refractivity contribution in [3.63, 3.8) is 0 Å². The van der Waals surface area contributed by atoms with E-state index in [4.69, 9.17) is 13.8 Å². The maximum absolute atomic E-state index is 13.5. The lowest BCUT2D eigenvalue weighted by molar-refractivity contribution is -0.870. The van der Waals surface area contributed by atoms with Crippen molar-refractivity contribution in [1.82, 2.24) is 5.32 Å². The lowest BCUT2D eigenvalue weighted by atomic mass is 10.0. The number of amides is 1. The Morgan fingerprint density at radius 2 is 0.816 bits per heavy atom. The van der Waals surface area contributed by atoms with E-state index >= 15 is 0 Å². The number of ether oxygens (including phenoxy) is 1. The second-order valence-electron chi connectivity index (χ2n) is 22.9. The summed E-state index contributed by atoms with van der Waals surface area (Å²) in [5.74, 6) is -0.612. The van der Waals surface area contributed by atoms with Crippen LogP contribution in [0.2, 0.25) is 0 Å². The van der Waals surface area contributed by atoms with Crippen molar-refractivity contribution in [2.24, 2.45) is 0 Å². The second-order valence-corrected chi connectivity index (χ2v) is 24.3. The summed E-state index contributed by atoms with van der Waals surface area (Å²) in [5, 5.41) is 2.99. The highest BCUT2D eigenvalue weighted by molar-refractivity contribution is 7.45. The molecule has 10 heteroatoms. The molecule has 1 amide bonds. The molecule has 0 saturated carbocycles. The van der Waals surface area contributed by atoms with E-state index < -0.39 is 26.6 Å². The minimum atomic E-state index is -4.71. The van der Waals surface area contributed by atoms with Crippen LogP contribution in [0, 0.1) is 0 Å². The van der Waals surface area contributed by atoms with E-state index in [2.05, 4.69) is 68.6 Å². The van der Waals surface area contributed by atoms with Gasteiger partial charge in [0.05, 0.1) is 33.8 Å². The number of phosphoric ester groups is 1. The van der Waals surface area contributed by atoms with Crippen molar-refractivity contribution < 1.29 is 37.3 Å². The Labute approximate surface area is 471 Å². The third-order valence-electron chi connectivity index (χ3n) is 14.2. The van der Waals surface area contributed by atoms with E-state index in [1.807, 2.05) is 39.4 Å². The molecule has 0 aromatic carbocycles. The van der Waals surface area contributed by atoms with Gasteiger partial charge in [0.15, 0.2) is 0 Å². The third kappa shape index (κ3) is 56.4. The predicted molar refractivity (Wildman–Crippen MR) is 325 cm³/mol. The summed E-state index contributed by atoms with van der Waals surface area (Å²) in [4.78, 5) is 39.9. The number of phosphoric acid groups is 1. The van der Waals surface area contributed by atoms with Gasteiger partial charge in [-0.25, -0.2) is 0 Å². The van der Waals surface area contributed by atoms with Gasteiger partial charge in [0.2, 0.25) is 5.91 Å². The highest BCUT2D eigenvalue weighted by Crippen LogP contribution is 2.38. The van der Waals surface area contributed by atoms with Gasteiger partial charge >= 0.3 is 5.97 Å².